The lowest BCUT2D eigenvalue weighted by Crippen LogP contribution is -2.74. The molecule has 0 radical (unpaired) electrons. The fourth-order valence-electron chi connectivity index (χ4n) is 4.30. The third kappa shape index (κ3) is 0.877. The number of nitrogens with one attached hydrogen (secondary N) is 1. The van der Waals surface area contributed by atoms with Gasteiger partial charge in [0.2, 0.25) is 0 Å². The van der Waals surface area contributed by atoms with Crippen LogP contribution in [0.4, 0.5) is 0 Å². The molecular formula is C13H19N3. The summed E-state index contributed by atoms with van der Waals surface area (Å²) in [5.74, 6) is 0.964. The van der Waals surface area contributed by atoms with Crippen molar-refractivity contribution in [2.24, 2.45) is 11.3 Å². The van der Waals surface area contributed by atoms with Crippen LogP contribution in [0.3, 0.4) is 0 Å². The maximum absolute atomic E-state index is 4.68. The fraction of sp³-hybridized carbons (Fsp3) is 0.769. The average Bonchev–Trinajstić information content (AvgIpc) is 2.31. The lowest BCUT2D eigenvalue weighted by molar-refractivity contribution is -0.234. The van der Waals surface area contributed by atoms with E-state index in [-0.39, 0.29) is 0 Å². The van der Waals surface area contributed by atoms with E-state index in [2.05, 4.69) is 35.0 Å². The molecule has 0 aromatic carbocycles. The Hall–Kier alpha value is -0.830. The van der Waals surface area contributed by atoms with Crippen molar-refractivity contribution in [3.05, 3.63) is 17.5 Å². The summed E-state index contributed by atoms with van der Waals surface area (Å²) in [6.45, 7) is 6.80. The quantitative estimate of drug-likeness (QED) is 0.815. The normalized spacial score (nSPS) is 41.1. The van der Waals surface area contributed by atoms with Gasteiger partial charge in [-0.1, -0.05) is 0 Å². The van der Waals surface area contributed by atoms with Crippen molar-refractivity contribution in [2.45, 2.75) is 38.6 Å². The lowest BCUT2D eigenvalue weighted by atomic mass is 9.35. The molecule has 2 heterocycles. The Balaban J connectivity index is 1.58. The van der Waals surface area contributed by atoms with Gasteiger partial charge in [-0.05, 0) is 63.6 Å². The summed E-state index contributed by atoms with van der Waals surface area (Å²) in [6.07, 6.45) is 4.15. The Bertz CT molecular complexity index is 436. The van der Waals surface area contributed by atoms with Gasteiger partial charge in [-0.2, -0.15) is 5.10 Å². The zero-order valence-electron chi connectivity index (χ0n) is 10.1. The van der Waals surface area contributed by atoms with Crippen LogP contribution < -0.4 is 5.32 Å². The van der Waals surface area contributed by atoms with Gasteiger partial charge in [-0.15, -0.1) is 0 Å². The van der Waals surface area contributed by atoms with E-state index in [0.29, 0.717) is 11.0 Å². The maximum atomic E-state index is 4.68. The zero-order chi connectivity index (χ0) is 11.0. The molecule has 0 atom stereocenters. The molecule has 0 amide bonds. The molecule has 3 nitrogen and oxygen atoms in total. The SMILES string of the molecule is Cc1cc(C)n(C23CC(C4CNC4)(C2)C3)n1. The van der Waals surface area contributed by atoms with E-state index >= 15 is 0 Å². The zero-order valence-corrected chi connectivity index (χ0v) is 10.1. The van der Waals surface area contributed by atoms with Crippen LogP contribution in [0.1, 0.15) is 30.7 Å². The smallest absolute Gasteiger partial charge is 0.0647 e. The minimum Gasteiger partial charge on any atom is -0.316 e. The molecule has 5 rings (SSSR count). The maximum Gasteiger partial charge on any atom is 0.0647 e. The van der Waals surface area contributed by atoms with Crippen molar-refractivity contribution in [2.75, 3.05) is 13.1 Å². The average molecular weight is 217 g/mol. The summed E-state index contributed by atoms with van der Waals surface area (Å²) >= 11 is 0. The van der Waals surface area contributed by atoms with Gasteiger partial charge in [-0.25, -0.2) is 0 Å². The van der Waals surface area contributed by atoms with Crippen LogP contribution in [0.2, 0.25) is 0 Å². The third-order valence-corrected chi connectivity index (χ3v) is 5.15. The Morgan fingerprint density at radius 2 is 2.00 bits per heavy atom. The second-order valence-corrected chi connectivity index (χ2v) is 6.31. The second-order valence-electron chi connectivity index (χ2n) is 6.31. The molecular weight excluding hydrogens is 198 g/mol. The first kappa shape index (κ1) is 9.23. The van der Waals surface area contributed by atoms with E-state index < -0.39 is 0 Å². The molecule has 1 aliphatic heterocycles. The molecule has 86 valence electrons. The standard InChI is InChI=1S/C13H19N3/c1-9-3-10(2)16(15-9)13-6-12(7-13,8-13)11-4-14-5-11/h3,11,14H,4-8H2,1-2H3. The highest BCUT2D eigenvalue weighted by molar-refractivity contribution is 5.26. The van der Waals surface area contributed by atoms with Crippen LogP contribution in [-0.2, 0) is 5.54 Å². The molecule has 0 spiro atoms. The van der Waals surface area contributed by atoms with Crippen LogP contribution >= 0.6 is 0 Å². The first-order valence-corrected chi connectivity index (χ1v) is 6.38. The van der Waals surface area contributed by atoms with Gasteiger partial charge in [0.15, 0.2) is 0 Å². The van der Waals surface area contributed by atoms with Crippen LogP contribution in [0.5, 0.6) is 0 Å². The van der Waals surface area contributed by atoms with Crippen LogP contribution in [0.25, 0.3) is 0 Å². The van der Waals surface area contributed by atoms with E-state index in [0.717, 1.165) is 5.92 Å². The highest BCUT2D eigenvalue weighted by Crippen LogP contribution is 2.74. The minimum atomic E-state index is 0.425. The van der Waals surface area contributed by atoms with E-state index in [4.69, 9.17) is 0 Å². The number of rotatable bonds is 2. The molecule has 1 aromatic rings. The van der Waals surface area contributed by atoms with Crippen molar-refractivity contribution < 1.29 is 0 Å². The predicted molar refractivity (Wildman–Crippen MR) is 62.3 cm³/mol. The third-order valence-electron chi connectivity index (χ3n) is 5.15. The molecule has 2 bridgehead atoms. The van der Waals surface area contributed by atoms with Gasteiger partial charge in [-0.3, -0.25) is 4.68 Å². The molecule has 1 aromatic heterocycles. The largest absolute Gasteiger partial charge is 0.316 e. The van der Waals surface area contributed by atoms with Crippen molar-refractivity contribution in [1.82, 2.24) is 15.1 Å². The monoisotopic (exact) mass is 217 g/mol. The number of aryl methyl sites for hydroxylation is 2. The first-order valence-electron chi connectivity index (χ1n) is 6.38. The Labute approximate surface area is 96.2 Å². The van der Waals surface area contributed by atoms with E-state index in [1.54, 1.807) is 0 Å². The summed E-state index contributed by atoms with van der Waals surface area (Å²) in [7, 11) is 0. The van der Waals surface area contributed by atoms with Gasteiger partial charge in [0.05, 0.1) is 11.2 Å². The van der Waals surface area contributed by atoms with Crippen molar-refractivity contribution in [1.29, 1.82) is 0 Å². The number of hydrogen-bond donors (Lipinski definition) is 1. The molecule has 4 aliphatic rings. The van der Waals surface area contributed by atoms with E-state index in [1.165, 1.54) is 43.7 Å². The van der Waals surface area contributed by atoms with E-state index in [9.17, 15) is 0 Å². The van der Waals surface area contributed by atoms with Crippen LogP contribution in [-0.4, -0.2) is 22.9 Å². The Morgan fingerprint density at radius 3 is 2.44 bits per heavy atom. The topological polar surface area (TPSA) is 29.9 Å². The van der Waals surface area contributed by atoms with Crippen molar-refractivity contribution >= 4 is 0 Å². The summed E-state index contributed by atoms with van der Waals surface area (Å²) in [5.41, 5.74) is 3.64. The molecule has 16 heavy (non-hydrogen) atoms. The Kier molecular flexibility index (Phi) is 1.46. The highest BCUT2D eigenvalue weighted by atomic mass is 15.4. The molecule has 1 saturated heterocycles. The van der Waals surface area contributed by atoms with Crippen molar-refractivity contribution in [3.8, 4) is 0 Å². The number of aromatic nitrogens is 2. The molecule has 4 fully saturated rings. The van der Waals surface area contributed by atoms with Gasteiger partial charge in [0.25, 0.3) is 0 Å². The van der Waals surface area contributed by atoms with Gasteiger partial charge in [0.1, 0.15) is 0 Å². The second kappa shape index (κ2) is 2.53. The van der Waals surface area contributed by atoms with Gasteiger partial charge in [0, 0.05) is 5.69 Å². The molecule has 3 heteroatoms. The van der Waals surface area contributed by atoms with Crippen molar-refractivity contribution in [3.63, 3.8) is 0 Å². The lowest BCUT2D eigenvalue weighted by Gasteiger charge is -2.74. The summed E-state index contributed by atoms with van der Waals surface area (Å²) in [4.78, 5) is 0. The van der Waals surface area contributed by atoms with Gasteiger partial charge < -0.3 is 5.32 Å². The summed E-state index contributed by atoms with van der Waals surface area (Å²) < 4.78 is 2.32. The number of nitrogens with zero attached hydrogens (tertiary/aromatic N) is 2. The Morgan fingerprint density at radius 1 is 1.31 bits per heavy atom. The highest BCUT2D eigenvalue weighted by Gasteiger charge is 2.72. The first-order chi connectivity index (χ1) is 7.64. The van der Waals surface area contributed by atoms with Crippen LogP contribution in [0.15, 0.2) is 6.07 Å². The van der Waals surface area contributed by atoms with Crippen LogP contribution in [0, 0.1) is 25.2 Å². The van der Waals surface area contributed by atoms with E-state index in [1.807, 2.05) is 0 Å². The number of hydrogen-bond acceptors (Lipinski definition) is 2. The van der Waals surface area contributed by atoms with Gasteiger partial charge >= 0.3 is 0 Å². The molecule has 3 aliphatic carbocycles. The summed E-state index contributed by atoms with van der Waals surface area (Å²) in [5, 5.41) is 8.08. The minimum absolute atomic E-state index is 0.425. The molecule has 3 saturated carbocycles. The molecule has 1 N–H and O–H groups in total. The summed E-state index contributed by atoms with van der Waals surface area (Å²) in [6, 6.07) is 2.21. The predicted octanol–water partition coefficient (Wildman–Crippen LogP) is 1.60. The molecule has 0 unspecified atom stereocenters. The fourth-order valence-corrected chi connectivity index (χ4v) is 4.30.